The van der Waals surface area contributed by atoms with E-state index in [1.807, 2.05) is 0 Å². The van der Waals surface area contributed by atoms with E-state index in [0.717, 1.165) is 0 Å². The molecule has 0 atom stereocenters. The number of fused-ring (bicyclic) bond motifs is 5. The van der Waals surface area contributed by atoms with E-state index in [1.54, 1.807) is 0 Å². The third-order valence-electron chi connectivity index (χ3n) is 14.1. The van der Waals surface area contributed by atoms with Crippen LogP contribution in [0.3, 0.4) is 0 Å². The highest BCUT2D eigenvalue weighted by Gasteiger charge is 2.28. The average molecular weight is 765 g/mol. The van der Waals surface area contributed by atoms with E-state index in [-0.39, 0.29) is 10.8 Å². The van der Waals surface area contributed by atoms with Crippen molar-refractivity contribution in [1.29, 1.82) is 0 Å². The molecule has 0 unspecified atom stereocenters. The van der Waals surface area contributed by atoms with Gasteiger partial charge in [0.15, 0.2) is 0 Å². The van der Waals surface area contributed by atoms with Gasteiger partial charge < -0.3 is 0 Å². The summed E-state index contributed by atoms with van der Waals surface area (Å²) in [5.74, 6) is 0. The zero-order valence-corrected chi connectivity index (χ0v) is 35.0. The van der Waals surface area contributed by atoms with Crippen LogP contribution in [0.1, 0.15) is 52.7 Å². The maximum Gasteiger partial charge on any atom is -0.00137 e. The van der Waals surface area contributed by atoms with Crippen LogP contribution in [-0.4, -0.2) is 0 Å². The summed E-state index contributed by atoms with van der Waals surface area (Å²) in [5, 5.41) is 21.3. The Hall–Kier alpha value is -6.76. The fraction of sp³-hybridized carbons (Fsp3) is 0.133. The minimum atomic E-state index is 0.0536. The van der Waals surface area contributed by atoms with Crippen molar-refractivity contribution < 1.29 is 0 Å². The third kappa shape index (κ3) is 4.52. The van der Waals surface area contributed by atoms with Crippen molar-refractivity contribution in [3.63, 3.8) is 0 Å². The van der Waals surface area contributed by atoms with E-state index >= 15 is 0 Å². The Bertz CT molecular complexity index is 3800. The Morgan fingerprint density at radius 3 is 1.48 bits per heavy atom. The van der Waals surface area contributed by atoms with Crippen LogP contribution in [-0.2, 0) is 10.8 Å². The van der Waals surface area contributed by atoms with E-state index in [0.29, 0.717) is 0 Å². The predicted molar refractivity (Wildman–Crippen MR) is 262 cm³/mol. The molecule has 0 spiro atoms. The standard InChI is InChI=1S/C60H44/c1-59(2,3)40-27-36-20-18-34-21-24-47(46-26-23-38(29-40)52(36)55(34)46)56-42-12-7-8-13-43(42)57-48-25-22-35(31-51(48)45-15-10-16-49(56)58(45)57)50-32-39-30-41(60(4,5)6)28-37-19-17-33-11-9-14-44(50)54(33)53(37)39/h7-32H,1-6H3. The van der Waals surface area contributed by atoms with Gasteiger partial charge in [0, 0.05) is 0 Å². The fourth-order valence-electron chi connectivity index (χ4n) is 11.2. The summed E-state index contributed by atoms with van der Waals surface area (Å²) in [4.78, 5) is 0. The third-order valence-corrected chi connectivity index (χ3v) is 14.1. The van der Waals surface area contributed by atoms with Crippen LogP contribution >= 0.6 is 0 Å². The van der Waals surface area contributed by atoms with Gasteiger partial charge in [-0.2, -0.15) is 0 Å². The van der Waals surface area contributed by atoms with Gasteiger partial charge in [-0.15, -0.1) is 0 Å². The molecule has 60 heavy (non-hydrogen) atoms. The van der Waals surface area contributed by atoms with Crippen molar-refractivity contribution in [2.75, 3.05) is 0 Å². The van der Waals surface area contributed by atoms with Gasteiger partial charge in [0.2, 0.25) is 0 Å². The van der Waals surface area contributed by atoms with Crippen LogP contribution in [0.2, 0.25) is 0 Å². The first kappa shape index (κ1) is 34.1. The molecule has 0 N–H and O–H groups in total. The summed E-state index contributed by atoms with van der Waals surface area (Å²) in [7, 11) is 0. The predicted octanol–water partition coefficient (Wildman–Crippen LogP) is 17.4. The molecule has 0 nitrogen and oxygen atoms in total. The second-order valence-electron chi connectivity index (χ2n) is 19.7. The summed E-state index contributed by atoms with van der Waals surface area (Å²) in [5.41, 5.74) is 13.4. The molecule has 1 aliphatic rings. The van der Waals surface area contributed by atoms with Gasteiger partial charge in [-0.05, 0) is 165 Å². The molecule has 0 aliphatic heterocycles. The van der Waals surface area contributed by atoms with Crippen LogP contribution in [0.25, 0.3) is 131 Å². The zero-order valence-electron chi connectivity index (χ0n) is 35.0. The van der Waals surface area contributed by atoms with Gasteiger partial charge in [-0.3, -0.25) is 0 Å². The molecule has 0 radical (unpaired) electrons. The second kappa shape index (κ2) is 11.5. The molecular weight excluding hydrogens is 721 g/mol. The minimum Gasteiger partial charge on any atom is -0.0616 e. The van der Waals surface area contributed by atoms with Gasteiger partial charge >= 0.3 is 0 Å². The van der Waals surface area contributed by atoms with E-state index < -0.39 is 0 Å². The molecule has 0 aromatic heterocycles. The fourth-order valence-corrected chi connectivity index (χ4v) is 11.2. The molecule has 12 aromatic carbocycles. The first-order chi connectivity index (χ1) is 29.0. The Morgan fingerprint density at radius 2 is 0.783 bits per heavy atom. The summed E-state index contributed by atoms with van der Waals surface area (Å²) in [6.45, 7) is 13.9. The van der Waals surface area contributed by atoms with E-state index in [1.165, 1.54) is 142 Å². The largest absolute Gasteiger partial charge is 0.0616 e. The SMILES string of the molecule is CC(C)(C)c1cc2ccc3cccc4c(-c5ccc6c(c5)-c5cccc7c(-c8ccc9ccc%10cc(C(C)(C)C)cc%11ccc8c9c%10%11)c8ccccc8c-6c57)cc(c1)c2c34. The second-order valence-corrected chi connectivity index (χ2v) is 19.7. The molecule has 0 saturated carbocycles. The van der Waals surface area contributed by atoms with Crippen LogP contribution in [0.15, 0.2) is 158 Å². The summed E-state index contributed by atoms with van der Waals surface area (Å²) in [6.07, 6.45) is 0. The zero-order chi connectivity index (χ0) is 40.4. The van der Waals surface area contributed by atoms with Crippen molar-refractivity contribution >= 4 is 86.2 Å². The normalized spacial score (nSPS) is 13.2. The molecule has 0 saturated heterocycles. The van der Waals surface area contributed by atoms with Crippen LogP contribution in [0.5, 0.6) is 0 Å². The highest BCUT2D eigenvalue weighted by Crippen LogP contribution is 2.56. The topological polar surface area (TPSA) is 0 Å². The molecule has 284 valence electrons. The number of hydrogen-bond acceptors (Lipinski definition) is 0. The molecule has 0 heterocycles. The van der Waals surface area contributed by atoms with Crippen LogP contribution in [0, 0.1) is 0 Å². The van der Waals surface area contributed by atoms with Crippen LogP contribution < -0.4 is 0 Å². The van der Waals surface area contributed by atoms with Gasteiger partial charge in [0.1, 0.15) is 0 Å². The molecule has 13 rings (SSSR count). The number of rotatable bonds is 2. The summed E-state index contributed by atoms with van der Waals surface area (Å²) >= 11 is 0. The highest BCUT2D eigenvalue weighted by molar-refractivity contribution is 6.33. The lowest BCUT2D eigenvalue weighted by molar-refractivity contribution is 0.591. The van der Waals surface area contributed by atoms with Gasteiger partial charge in [0.05, 0.1) is 0 Å². The molecule has 1 aliphatic carbocycles. The Labute approximate surface area is 350 Å². The maximum atomic E-state index is 2.49. The first-order valence-electron chi connectivity index (χ1n) is 21.6. The Balaban J connectivity index is 1.07. The molecule has 12 aromatic rings. The molecule has 0 heteroatoms. The molecule has 0 amide bonds. The highest BCUT2D eigenvalue weighted by atomic mass is 14.3. The van der Waals surface area contributed by atoms with Crippen LogP contribution in [0.4, 0.5) is 0 Å². The summed E-state index contributed by atoms with van der Waals surface area (Å²) in [6, 6.07) is 61.2. The first-order valence-corrected chi connectivity index (χ1v) is 21.6. The van der Waals surface area contributed by atoms with E-state index in [4.69, 9.17) is 0 Å². The van der Waals surface area contributed by atoms with Crippen molar-refractivity contribution in [2.45, 2.75) is 52.4 Å². The number of benzene rings is 12. The maximum absolute atomic E-state index is 2.49. The van der Waals surface area contributed by atoms with E-state index in [9.17, 15) is 0 Å². The lowest BCUT2D eigenvalue weighted by Crippen LogP contribution is -2.10. The molecule has 0 bridgehead atoms. The van der Waals surface area contributed by atoms with Gasteiger partial charge in [-0.25, -0.2) is 0 Å². The average Bonchev–Trinajstić information content (AvgIpc) is 3.58. The molecular formula is C60H44. The van der Waals surface area contributed by atoms with Crippen molar-refractivity contribution in [3.05, 3.63) is 169 Å². The van der Waals surface area contributed by atoms with Crippen molar-refractivity contribution in [2.24, 2.45) is 0 Å². The summed E-state index contributed by atoms with van der Waals surface area (Å²) < 4.78 is 0. The Morgan fingerprint density at radius 1 is 0.267 bits per heavy atom. The smallest absolute Gasteiger partial charge is 0.00137 e. The minimum absolute atomic E-state index is 0.0536. The molecule has 0 fully saturated rings. The lowest BCUT2D eigenvalue weighted by atomic mass is 9.82. The van der Waals surface area contributed by atoms with Gasteiger partial charge in [-0.1, -0.05) is 187 Å². The lowest BCUT2D eigenvalue weighted by Gasteiger charge is -2.22. The van der Waals surface area contributed by atoms with Crippen molar-refractivity contribution in [3.8, 4) is 44.5 Å². The monoisotopic (exact) mass is 764 g/mol. The van der Waals surface area contributed by atoms with E-state index in [2.05, 4.69) is 199 Å². The number of hydrogen-bond donors (Lipinski definition) is 0. The Kier molecular flexibility index (Phi) is 6.54. The van der Waals surface area contributed by atoms with Crippen molar-refractivity contribution in [1.82, 2.24) is 0 Å². The quantitative estimate of drug-likeness (QED) is 0.121. The van der Waals surface area contributed by atoms with Gasteiger partial charge in [0.25, 0.3) is 0 Å².